The number of aliphatic hydroxyl groups is 1. The lowest BCUT2D eigenvalue weighted by Crippen LogP contribution is -2.60. The molecular formula is C32H54N2O10. The fourth-order valence-corrected chi connectivity index (χ4v) is 7.42. The van der Waals surface area contributed by atoms with Crippen LogP contribution in [-0.4, -0.2) is 109 Å². The highest BCUT2D eigenvalue weighted by Crippen LogP contribution is 2.40. The van der Waals surface area contributed by atoms with E-state index in [1.807, 2.05) is 32.8 Å². The third-order valence-corrected chi connectivity index (χ3v) is 10.2. The molecule has 0 aliphatic carbocycles. The quantitative estimate of drug-likeness (QED) is 0.331. The first kappa shape index (κ1) is 36.3. The van der Waals surface area contributed by atoms with Gasteiger partial charge in [-0.05, 0) is 67.5 Å². The van der Waals surface area contributed by atoms with Gasteiger partial charge >= 0.3 is 12.1 Å². The second-order valence-electron chi connectivity index (χ2n) is 13.6. The topological polar surface area (TPSA) is 150 Å². The zero-order valence-electron chi connectivity index (χ0n) is 28.2. The van der Waals surface area contributed by atoms with Crippen molar-refractivity contribution in [3.05, 3.63) is 0 Å². The molecule has 252 valence electrons. The first-order chi connectivity index (χ1) is 20.4. The number of carbonyl (C=O) groups excluding carboxylic acids is 4. The van der Waals surface area contributed by atoms with Gasteiger partial charge in [0.25, 0.3) is 0 Å². The van der Waals surface area contributed by atoms with E-state index in [1.165, 1.54) is 14.0 Å². The second-order valence-corrected chi connectivity index (χ2v) is 13.6. The van der Waals surface area contributed by atoms with Crippen molar-refractivity contribution in [2.75, 3.05) is 21.2 Å². The van der Waals surface area contributed by atoms with Crippen LogP contribution in [-0.2, 0) is 38.1 Å². The monoisotopic (exact) mass is 626 g/mol. The Balaban J connectivity index is 2.11. The number of hydrogen-bond donors (Lipinski definition) is 2. The predicted octanol–water partition coefficient (Wildman–Crippen LogP) is 2.87. The molecular weight excluding hydrogens is 572 g/mol. The number of hydrogen-bond acceptors (Lipinski definition) is 11. The minimum absolute atomic E-state index is 0.127. The number of nitrogens with zero attached hydrogens (tertiary/aromatic N) is 1. The third-order valence-electron chi connectivity index (χ3n) is 10.2. The minimum atomic E-state index is -1.33. The summed E-state index contributed by atoms with van der Waals surface area (Å²) in [6, 6.07) is -1.03. The standard InChI is InChI=1S/C32H54N2O10/c1-12-20-23(35)16(3)15-31(7,40-11)27(43-29-25(37)21(34(9)10)14-17(4)41-29)18(5)24(36)19(6)28(38)42-22(13-2)32(8)26(20)33-30(39)44-32/h16-22,25-27,29,37H,12-15H2,1-11H3,(H,33,39)/t16-,17-,18+,19-,20?,21+,22-,25-,26?,27-,29+,31-,32-/m1/s1. The van der Waals surface area contributed by atoms with Crippen molar-refractivity contribution in [1.82, 2.24) is 10.2 Å². The van der Waals surface area contributed by atoms with Crippen molar-refractivity contribution in [3.63, 3.8) is 0 Å². The summed E-state index contributed by atoms with van der Waals surface area (Å²) in [6.07, 6.45) is -3.54. The Morgan fingerprint density at radius 2 is 1.66 bits per heavy atom. The van der Waals surface area contributed by atoms with E-state index in [2.05, 4.69) is 5.32 Å². The van der Waals surface area contributed by atoms with E-state index in [9.17, 15) is 24.3 Å². The molecule has 0 aromatic rings. The Labute approximate surface area is 261 Å². The molecule has 2 unspecified atom stereocenters. The SMILES string of the molecule is CCC1C(=O)[C@H](C)C[C@@](C)(OC)[C@H](O[C@@H]2O[C@H](C)C[C@H](N(C)C)[C@H]2O)[C@@H](C)C(=O)[C@@H](C)C(=O)O[C@H](CC)[C@@]2(C)OC(=O)NC12. The van der Waals surface area contributed by atoms with Gasteiger partial charge in [-0.1, -0.05) is 27.7 Å². The first-order valence-corrected chi connectivity index (χ1v) is 15.9. The van der Waals surface area contributed by atoms with Crippen molar-refractivity contribution in [2.45, 2.75) is 135 Å². The number of cyclic esters (lactones) is 1. The Hall–Kier alpha value is -2.12. The number of carbonyl (C=O) groups is 4. The summed E-state index contributed by atoms with van der Waals surface area (Å²) in [5, 5.41) is 14.1. The molecule has 3 fully saturated rings. The van der Waals surface area contributed by atoms with Crippen molar-refractivity contribution in [1.29, 1.82) is 0 Å². The Bertz CT molecular complexity index is 1070. The molecule has 0 aromatic heterocycles. The van der Waals surface area contributed by atoms with Crippen LogP contribution >= 0.6 is 0 Å². The van der Waals surface area contributed by atoms with E-state index >= 15 is 0 Å². The fourth-order valence-electron chi connectivity index (χ4n) is 7.42. The first-order valence-electron chi connectivity index (χ1n) is 15.9. The Morgan fingerprint density at radius 3 is 2.20 bits per heavy atom. The molecule has 0 radical (unpaired) electrons. The normalized spacial score (nSPS) is 44.4. The van der Waals surface area contributed by atoms with E-state index < -0.39 is 83.4 Å². The van der Waals surface area contributed by atoms with Crippen LogP contribution < -0.4 is 5.32 Å². The van der Waals surface area contributed by atoms with Crippen molar-refractivity contribution >= 4 is 23.6 Å². The molecule has 44 heavy (non-hydrogen) atoms. The van der Waals surface area contributed by atoms with Gasteiger partial charge in [-0.3, -0.25) is 14.4 Å². The molecule has 2 N–H and O–H groups in total. The van der Waals surface area contributed by atoms with E-state index in [-0.39, 0.29) is 24.3 Å². The van der Waals surface area contributed by atoms with Gasteiger partial charge in [0.05, 0.1) is 23.9 Å². The smallest absolute Gasteiger partial charge is 0.408 e. The molecule has 3 heterocycles. The number of rotatable bonds is 6. The number of amides is 1. The summed E-state index contributed by atoms with van der Waals surface area (Å²) in [5.41, 5.74) is -2.56. The van der Waals surface area contributed by atoms with E-state index in [4.69, 9.17) is 23.7 Å². The summed E-state index contributed by atoms with van der Waals surface area (Å²) < 4.78 is 30.3. The van der Waals surface area contributed by atoms with Crippen molar-refractivity contribution in [2.24, 2.45) is 23.7 Å². The van der Waals surface area contributed by atoms with Gasteiger partial charge in [0.2, 0.25) is 0 Å². The number of methoxy groups -OCH3 is 1. The van der Waals surface area contributed by atoms with Crippen molar-refractivity contribution < 1.29 is 48.0 Å². The van der Waals surface area contributed by atoms with Crippen LogP contribution in [0.5, 0.6) is 0 Å². The molecule has 0 spiro atoms. The Kier molecular flexibility index (Phi) is 11.7. The zero-order chi connectivity index (χ0) is 33.3. The summed E-state index contributed by atoms with van der Waals surface area (Å²) >= 11 is 0. The molecule has 3 rings (SSSR count). The Morgan fingerprint density at radius 1 is 1.02 bits per heavy atom. The average molecular weight is 627 g/mol. The van der Waals surface area contributed by atoms with Crippen LogP contribution in [0.15, 0.2) is 0 Å². The molecule has 0 saturated carbocycles. The van der Waals surface area contributed by atoms with E-state index in [1.54, 1.807) is 34.6 Å². The molecule has 0 bridgehead atoms. The van der Waals surface area contributed by atoms with Gasteiger partial charge in [-0.25, -0.2) is 4.79 Å². The van der Waals surface area contributed by atoms with Crippen LogP contribution in [0.1, 0.15) is 81.1 Å². The zero-order valence-corrected chi connectivity index (χ0v) is 28.2. The number of esters is 1. The average Bonchev–Trinajstić information content (AvgIpc) is 3.28. The lowest BCUT2D eigenvalue weighted by Gasteiger charge is -2.47. The number of likely N-dealkylation sites (N-methyl/N-ethyl adjacent to an activating group) is 1. The lowest BCUT2D eigenvalue weighted by molar-refractivity contribution is -0.295. The molecule has 13 atom stereocenters. The van der Waals surface area contributed by atoms with E-state index in [0.717, 1.165) is 0 Å². The predicted molar refractivity (Wildman–Crippen MR) is 161 cm³/mol. The van der Waals surface area contributed by atoms with Crippen LogP contribution in [0.25, 0.3) is 0 Å². The summed E-state index contributed by atoms with van der Waals surface area (Å²) in [6.45, 7) is 13.9. The second kappa shape index (κ2) is 14.1. The van der Waals surface area contributed by atoms with Crippen LogP contribution in [0, 0.1) is 23.7 Å². The van der Waals surface area contributed by atoms with Crippen molar-refractivity contribution in [3.8, 4) is 0 Å². The third kappa shape index (κ3) is 6.99. The molecule has 12 heteroatoms. The largest absolute Gasteiger partial charge is 0.458 e. The number of aliphatic hydroxyl groups excluding tert-OH is 1. The summed E-state index contributed by atoms with van der Waals surface area (Å²) in [4.78, 5) is 56.2. The maximum absolute atomic E-state index is 14.2. The molecule has 3 saturated heterocycles. The van der Waals surface area contributed by atoms with Gasteiger partial charge in [0.1, 0.15) is 23.9 Å². The minimum Gasteiger partial charge on any atom is -0.458 e. The number of fused-ring (bicyclic) bond motifs is 1. The maximum Gasteiger partial charge on any atom is 0.408 e. The highest BCUT2D eigenvalue weighted by Gasteiger charge is 2.57. The number of ether oxygens (including phenoxy) is 5. The summed E-state index contributed by atoms with van der Waals surface area (Å²) in [5.74, 6) is -4.70. The lowest BCUT2D eigenvalue weighted by atomic mass is 9.72. The van der Waals surface area contributed by atoms with Gasteiger partial charge in [-0.2, -0.15) is 0 Å². The highest BCUT2D eigenvalue weighted by molar-refractivity contribution is 6.00. The molecule has 3 aliphatic heterocycles. The molecule has 3 aliphatic rings. The van der Waals surface area contributed by atoms with E-state index in [0.29, 0.717) is 19.3 Å². The number of Topliss-reactive ketones (excluding diaryl/α,β-unsaturated/α-hetero) is 2. The molecule has 12 nitrogen and oxygen atoms in total. The molecule has 0 aromatic carbocycles. The number of alkyl carbamates (subject to hydrolysis) is 1. The number of ketones is 2. The maximum atomic E-state index is 14.2. The van der Waals surface area contributed by atoms with Gasteiger partial charge in [-0.15, -0.1) is 0 Å². The highest BCUT2D eigenvalue weighted by atomic mass is 16.7. The van der Waals surface area contributed by atoms with Crippen LogP contribution in [0.2, 0.25) is 0 Å². The fraction of sp³-hybridized carbons (Fsp3) is 0.875. The summed E-state index contributed by atoms with van der Waals surface area (Å²) in [7, 11) is 5.22. The number of nitrogens with one attached hydrogen (secondary N) is 1. The van der Waals surface area contributed by atoms with Crippen LogP contribution in [0.3, 0.4) is 0 Å². The van der Waals surface area contributed by atoms with Crippen LogP contribution in [0.4, 0.5) is 4.79 Å². The molecule has 1 amide bonds. The van der Waals surface area contributed by atoms with Gasteiger partial charge < -0.3 is 39.0 Å². The van der Waals surface area contributed by atoms with Gasteiger partial charge in [0.15, 0.2) is 17.7 Å². The van der Waals surface area contributed by atoms with Gasteiger partial charge in [0, 0.05) is 30.9 Å².